The summed E-state index contributed by atoms with van der Waals surface area (Å²) in [5.41, 5.74) is 2.92. The highest BCUT2D eigenvalue weighted by molar-refractivity contribution is 8.18. The van der Waals surface area contributed by atoms with Gasteiger partial charge in [0.15, 0.2) is 11.5 Å². The van der Waals surface area contributed by atoms with Crippen LogP contribution in [0.5, 0.6) is 11.5 Å². The molecule has 2 amide bonds. The van der Waals surface area contributed by atoms with Gasteiger partial charge >= 0.3 is 0 Å². The van der Waals surface area contributed by atoms with Crippen molar-refractivity contribution in [1.82, 2.24) is 4.90 Å². The first kappa shape index (κ1) is 25.4. The van der Waals surface area contributed by atoms with Gasteiger partial charge in [0.05, 0.1) is 28.2 Å². The van der Waals surface area contributed by atoms with Gasteiger partial charge in [-0.1, -0.05) is 60.1 Å². The number of rotatable bonds is 9. The third-order valence-corrected chi connectivity index (χ3v) is 6.67. The van der Waals surface area contributed by atoms with Crippen LogP contribution in [0.15, 0.2) is 71.6 Å². The molecule has 0 radical (unpaired) electrons. The van der Waals surface area contributed by atoms with Crippen LogP contribution in [0.1, 0.15) is 29.2 Å². The van der Waals surface area contributed by atoms with E-state index in [4.69, 9.17) is 21.1 Å². The van der Waals surface area contributed by atoms with Crippen LogP contribution >= 0.6 is 23.4 Å². The molecule has 0 N–H and O–H groups in total. The van der Waals surface area contributed by atoms with Crippen molar-refractivity contribution < 1.29 is 19.1 Å². The number of carbonyl (C=O) groups excluding carboxylic acids is 2. The molecule has 1 heterocycles. The second-order valence-electron chi connectivity index (χ2n) is 7.89. The van der Waals surface area contributed by atoms with Gasteiger partial charge in [0.25, 0.3) is 11.1 Å². The number of hydrogen-bond acceptors (Lipinski definition) is 6. The van der Waals surface area contributed by atoms with Crippen molar-refractivity contribution in [2.75, 3.05) is 13.2 Å². The Balaban J connectivity index is 1.53. The molecule has 1 saturated heterocycles. The smallest absolute Gasteiger partial charge is 0.293 e. The lowest BCUT2D eigenvalue weighted by Gasteiger charge is -2.15. The average molecular weight is 519 g/mol. The first-order valence-corrected chi connectivity index (χ1v) is 12.6. The number of nitrogens with zero attached hydrogens (tertiary/aromatic N) is 2. The van der Waals surface area contributed by atoms with E-state index in [1.165, 1.54) is 4.90 Å². The third kappa shape index (κ3) is 5.91. The lowest BCUT2D eigenvalue weighted by atomic mass is 10.1. The second-order valence-corrected chi connectivity index (χ2v) is 9.29. The van der Waals surface area contributed by atoms with Crippen LogP contribution < -0.4 is 9.47 Å². The van der Waals surface area contributed by atoms with Crippen molar-refractivity contribution in [2.45, 2.75) is 20.0 Å². The number of imide groups is 1. The number of carbonyl (C=O) groups is 2. The van der Waals surface area contributed by atoms with Crippen LogP contribution in [-0.4, -0.2) is 29.2 Å². The fourth-order valence-corrected chi connectivity index (χ4v) is 4.85. The van der Waals surface area contributed by atoms with Crippen molar-refractivity contribution in [1.29, 1.82) is 5.26 Å². The molecule has 3 aromatic carbocycles. The largest absolute Gasteiger partial charge is 0.490 e. The SMILES string of the molecule is CCOc1cc(/C=C2\SC(=O)N(CCc3ccccc3)C2=O)cc(Cl)c1OCc1ccccc1C#N. The van der Waals surface area contributed by atoms with Gasteiger partial charge < -0.3 is 9.47 Å². The molecule has 0 atom stereocenters. The monoisotopic (exact) mass is 518 g/mol. The number of benzene rings is 3. The summed E-state index contributed by atoms with van der Waals surface area (Å²) in [5, 5.41) is 9.31. The minimum atomic E-state index is -0.330. The zero-order valence-corrected chi connectivity index (χ0v) is 21.1. The molecular formula is C28H23ClN2O4S. The number of ether oxygens (including phenoxy) is 2. The molecule has 1 fully saturated rings. The van der Waals surface area contributed by atoms with E-state index in [2.05, 4.69) is 6.07 Å². The van der Waals surface area contributed by atoms with Crippen LogP contribution in [-0.2, 0) is 17.8 Å². The van der Waals surface area contributed by atoms with Crippen LogP contribution in [0, 0.1) is 11.3 Å². The molecule has 1 aliphatic rings. The molecule has 4 rings (SSSR count). The first-order valence-electron chi connectivity index (χ1n) is 11.4. The molecule has 0 spiro atoms. The van der Waals surface area contributed by atoms with Crippen molar-refractivity contribution in [3.05, 3.63) is 98.9 Å². The topological polar surface area (TPSA) is 79.6 Å². The molecule has 0 saturated carbocycles. The van der Waals surface area contributed by atoms with Crippen LogP contribution in [0.3, 0.4) is 0 Å². The molecule has 0 aromatic heterocycles. The van der Waals surface area contributed by atoms with E-state index in [1.807, 2.05) is 49.4 Å². The van der Waals surface area contributed by atoms with Gasteiger partial charge in [-0.05, 0) is 60.5 Å². The van der Waals surface area contributed by atoms with E-state index in [0.717, 1.165) is 22.9 Å². The number of halogens is 1. The fraction of sp³-hybridized carbons (Fsp3) is 0.179. The Bertz CT molecular complexity index is 1350. The Hall–Kier alpha value is -3.73. The summed E-state index contributed by atoms with van der Waals surface area (Å²) in [6, 6.07) is 22.4. The minimum Gasteiger partial charge on any atom is -0.490 e. The number of nitriles is 1. The highest BCUT2D eigenvalue weighted by Crippen LogP contribution is 2.39. The molecule has 182 valence electrons. The third-order valence-electron chi connectivity index (χ3n) is 5.48. The van der Waals surface area contributed by atoms with E-state index < -0.39 is 0 Å². The molecule has 1 aliphatic heterocycles. The summed E-state index contributed by atoms with van der Waals surface area (Å²) < 4.78 is 11.7. The van der Waals surface area contributed by atoms with Gasteiger partial charge in [-0.3, -0.25) is 14.5 Å². The zero-order valence-electron chi connectivity index (χ0n) is 19.6. The normalized spacial score (nSPS) is 14.2. The molecule has 0 unspecified atom stereocenters. The summed E-state index contributed by atoms with van der Waals surface area (Å²) in [4.78, 5) is 27.0. The van der Waals surface area contributed by atoms with Gasteiger partial charge in [-0.25, -0.2) is 0 Å². The van der Waals surface area contributed by atoms with Gasteiger partial charge in [0.1, 0.15) is 6.61 Å². The number of amides is 2. The summed E-state index contributed by atoms with van der Waals surface area (Å²) in [5.74, 6) is 0.428. The summed E-state index contributed by atoms with van der Waals surface area (Å²) >= 11 is 7.44. The van der Waals surface area contributed by atoms with Gasteiger partial charge in [0.2, 0.25) is 0 Å². The maximum absolute atomic E-state index is 12.9. The average Bonchev–Trinajstić information content (AvgIpc) is 3.15. The predicted molar refractivity (Wildman–Crippen MR) is 141 cm³/mol. The van der Waals surface area contributed by atoms with Crippen LogP contribution in [0.25, 0.3) is 6.08 Å². The maximum Gasteiger partial charge on any atom is 0.293 e. The maximum atomic E-state index is 12.9. The number of hydrogen-bond donors (Lipinski definition) is 0. The Labute approximate surface area is 219 Å². The van der Waals surface area contributed by atoms with E-state index >= 15 is 0 Å². The molecule has 0 aliphatic carbocycles. The number of thioether (sulfide) groups is 1. The first-order chi connectivity index (χ1) is 17.5. The molecule has 36 heavy (non-hydrogen) atoms. The molecule has 8 heteroatoms. The Morgan fingerprint density at radius 3 is 2.56 bits per heavy atom. The highest BCUT2D eigenvalue weighted by Gasteiger charge is 2.34. The van der Waals surface area contributed by atoms with Gasteiger partial charge in [-0.2, -0.15) is 5.26 Å². The summed E-state index contributed by atoms with van der Waals surface area (Å²) in [6.07, 6.45) is 2.23. The molecule has 3 aromatic rings. The van der Waals surface area contributed by atoms with Crippen molar-refractivity contribution in [3.63, 3.8) is 0 Å². The highest BCUT2D eigenvalue weighted by atomic mass is 35.5. The van der Waals surface area contributed by atoms with Crippen LogP contribution in [0.2, 0.25) is 5.02 Å². The Kier molecular flexibility index (Phi) is 8.32. The lowest BCUT2D eigenvalue weighted by Crippen LogP contribution is -2.30. The van der Waals surface area contributed by atoms with E-state index in [0.29, 0.717) is 52.1 Å². The van der Waals surface area contributed by atoms with Gasteiger partial charge in [0, 0.05) is 12.1 Å². The summed E-state index contributed by atoms with van der Waals surface area (Å²) in [6.45, 7) is 2.67. The predicted octanol–water partition coefficient (Wildman–Crippen LogP) is 6.47. The van der Waals surface area contributed by atoms with Gasteiger partial charge in [-0.15, -0.1) is 0 Å². The molecule has 6 nitrogen and oxygen atoms in total. The van der Waals surface area contributed by atoms with Crippen molar-refractivity contribution in [2.24, 2.45) is 0 Å². The van der Waals surface area contributed by atoms with Crippen molar-refractivity contribution >= 4 is 40.6 Å². The quantitative estimate of drug-likeness (QED) is 0.302. The fourth-order valence-electron chi connectivity index (χ4n) is 3.71. The second kappa shape index (κ2) is 11.8. The minimum absolute atomic E-state index is 0.142. The Morgan fingerprint density at radius 1 is 1.06 bits per heavy atom. The molecular weight excluding hydrogens is 496 g/mol. The summed E-state index contributed by atoms with van der Waals surface area (Å²) in [7, 11) is 0. The van der Waals surface area contributed by atoms with Crippen molar-refractivity contribution in [3.8, 4) is 17.6 Å². The standard InChI is InChI=1S/C28H23ClN2O4S/c1-2-34-24-15-20(14-23(29)26(24)35-18-22-11-7-6-10-21(22)17-30)16-25-27(32)31(28(33)36-25)13-12-19-8-4-3-5-9-19/h3-11,14-16H,2,12-13,18H2,1H3/b25-16-. The van der Waals surface area contributed by atoms with E-state index in [-0.39, 0.29) is 17.8 Å². The Morgan fingerprint density at radius 2 is 1.81 bits per heavy atom. The van der Waals surface area contributed by atoms with Crippen LogP contribution in [0.4, 0.5) is 4.79 Å². The van der Waals surface area contributed by atoms with E-state index in [9.17, 15) is 14.9 Å². The lowest BCUT2D eigenvalue weighted by molar-refractivity contribution is -0.122. The van der Waals surface area contributed by atoms with E-state index in [1.54, 1.807) is 30.3 Å². The molecule has 0 bridgehead atoms. The zero-order chi connectivity index (χ0) is 25.5.